The minimum absolute atomic E-state index is 0.423. The standard InChI is InChI=1S/C11H11N5/c1-16-8-9(6-15-16)5-13-11-3-2-10(4-12)14-7-11/h2-3,6-8,13H,5H2,1H3. The van der Waals surface area contributed by atoms with Crippen LogP contribution >= 0.6 is 0 Å². The quantitative estimate of drug-likeness (QED) is 0.834. The summed E-state index contributed by atoms with van der Waals surface area (Å²) in [6.07, 6.45) is 5.41. The van der Waals surface area contributed by atoms with Gasteiger partial charge in [-0.15, -0.1) is 0 Å². The molecule has 0 fully saturated rings. The molecule has 0 saturated heterocycles. The number of nitriles is 1. The summed E-state index contributed by atoms with van der Waals surface area (Å²) < 4.78 is 1.76. The molecule has 0 atom stereocenters. The second-order valence-electron chi connectivity index (χ2n) is 3.42. The third kappa shape index (κ3) is 2.36. The highest BCUT2D eigenvalue weighted by Crippen LogP contribution is 2.07. The van der Waals surface area contributed by atoms with Crippen LogP contribution in [-0.4, -0.2) is 14.8 Å². The van der Waals surface area contributed by atoms with Gasteiger partial charge in [-0.25, -0.2) is 4.98 Å². The van der Waals surface area contributed by atoms with Gasteiger partial charge in [0.1, 0.15) is 11.8 Å². The lowest BCUT2D eigenvalue weighted by molar-refractivity contribution is 0.767. The molecule has 0 aliphatic heterocycles. The van der Waals surface area contributed by atoms with Gasteiger partial charge in [-0.1, -0.05) is 0 Å². The molecule has 5 nitrogen and oxygen atoms in total. The van der Waals surface area contributed by atoms with Crippen molar-refractivity contribution in [1.29, 1.82) is 5.26 Å². The lowest BCUT2D eigenvalue weighted by Crippen LogP contribution is -1.99. The van der Waals surface area contributed by atoms with E-state index in [1.54, 1.807) is 16.9 Å². The molecule has 5 heteroatoms. The second-order valence-corrected chi connectivity index (χ2v) is 3.42. The Balaban J connectivity index is 1.97. The summed E-state index contributed by atoms with van der Waals surface area (Å²) in [6.45, 7) is 0.696. The van der Waals surface area contributed by atoms with E-state index in [4.69, 9.17) is 5.26 Å². The molecule has 0 radical (unpaired) electrons. The van der Waals surface area contributed by atoms with Crippen LogP contribution < -0.4 is 5.32 Å². The Hall–Kier alpha value is -2.35. The van der Waals surface area contributed by atoms with Gasteiger partial charge in [-0.3, -0.25) is 4.68 Å². The molecule has 16 heavy (non-hydrogen) atoms. The van der Waals surface area contributed by atoms with E-state index in [0.29, 0.717) is 12.2 Å². The van der Waals surface area contributed by atoms with Crippen molar-refractivity contribution in [1.82, 2.24) is 14.8 Å². The van der Waals surface area contributed by atoms with Crippen LogP contribution in [0.25, 0.3) is 0 Å². The average molecular weight is 213 g/mol. The molecule has 0 unspecified atom stereocenters. The number of hydrogen-bond acceptors (Lipinski definition) is 4. The number of aryl methyl sites for hydroxylation is 1. The number of pyridine rings is 1. The number of rotatable bonds is 3. The van der Waals surface area contributed by atoms with E-state index < -0.39 is 0 Å². The highest BCUT2D eigenvalue weighted by molar-refractivity contribution is 5.43. The molecule has 0 spiro atoms. The predicted octanol–water partition coefficient (Wildman–Crippen LogP) is 1.30. The van der Waals surface area contributed by atoms with E-state index in [2.05, 4.69) is 15.4 Å². The Labute approximate surface area is 93.4 Å². The average Bonchev–Trinajstić information content (AvgIpc) is 2.73. The van der Waals surface area contributed by atoms with Crippen LogP contribution in [0.15, 0.2) is 30.7 Å². The van der Waals surface area contributed by atoms with E-state index in [0.717, 1.165) is 11.3 Å². The number of nitrogens with zero attached hydrogens (tertiary/aromatic N) is 4. The lowest BCUT2D eigenvalue weighted by Gasteiger charge is -2.03. The molecule has 2 aromatic rings. The lowest BCUT2D eigenvalue weighted by atomic mass is 10.3. The maximum absolute atomic E-state index is 8.60. The van der Waals surface area contributed by atoms with Crippen molar-refractivity contribution < 1.29 is 0 Å². The number of nitrogens with one attached hydrogen (secondary N) is 1. The summed E-state index contributed by atoms with van der Waals surface area (Å²) in [6, 6.07) is 5.50. The summed E-state index contributed by atoms with van der Waals surface area (Å²) in [5.41, 5.74) is 2.42. The normalized spacial score (nSPS) is 9.75. The molecule has 0 aliphatic rings. The number of hydrogen-bond donors (Lipinski definition) is 1. The molecule has 0 amide bonds. The molecule has 0 saturated carbocycles. The van der Waals surface area contributed by atoms with Gasteiger partial charge in [0, 0.05) is 25.4 Å². The second kappa shape index (κ2) is 4.45. The van der Waals surface area contributed by atoms with Crippen molar-refractivity contribution in [2.75, 3.05) is 5.32 Å². The van der Waals surface area contributed by atoms with Gasteiger partial charge in [-0.2, -0.15) is 10.4 Å². The van der Waals surface area contributed by atoms with Crippen LogP contribution in [0.5, 0.6) is 0 Å². The van der Waals surface area contributed by atoms with Gasteiger partial charge >= 0.3 is 0 Å². The Morgan fingerprint density at radius 2 is 2.31 bits per heavy atom. The van der Waals surface area contributed by atoms with E-state index in [-0.39, 0.29) is 0 Å². The Bertz CT molecular complexity index is 506. The summed E-state index contributed by atoms with van der Waals surface area (Å²) in [5, 5.41) is 15.9. The van der Waals surface area contributed by atoms with Crippen LogP contribution in [-0.2, 0) is 13.6 Å². The summed E-state index contributed by atoms with van der Waals surface area (Å²) in [7, 11) is 1.88. The minimum atomic E-state index is 0.423. The van der Waals surface area contributed by atoms with Crippen LogP contribution in [0.4, 0.5) is 5.69 Å². The third-order valence-corrected chi connectivity index (χ3v) is 2.13. The highest BCUT2D eigenvalue weighted by atomic mass is 15.2. The van der Waals surface area contributed by atoms with Crippen LogP contribution in [0, 0.1) is 11.3 Å². The number of aromatic nitrogens is 3. The van der Waals surface area contributed by atoms with Gasteiger partial charge in [0.15, 0.2) is 0 Å². The van der Waals surface area contributed by atoms with E-state index in [9.17, 15) is 0 Å². The molecule has 2 rings (SSSR count). The van der Waals surface area contributed by atoms with Gasteiger partial charge in [0.05, 0.1) is 18.1 Å². The molecule has 2 aromatic heterocycles. The third-order valence-electron chi connectivity index (χ3n) is 2.13. The van der Waals surface area contributed by atoms with E-state index >= 15 is 0 Å². The molecule has 2 heterocycles. The van der Waals surface area contributed by atoms with Gasteiger partial charge in [-0.05, 0) is 12.1 Å². The zero-order valence-electron chi connectivity index (χ0n) is 8.88. The monoisotopic (exact) mass is 213 g/mol. The van der Waals surface area contributed by atoms with Crippen molar-refractivity contribution in [2.45, 2.75) is 6.54 Å². The van der Waals surface area contributed by atoms with E-state index in [1.807, 2.05) is 31.6 Å². The molecular weight excluding hydrogens is 202 g/mol. The number of anilines is 1. The maximum atomic E-state index is 8.60. The molecule has 0 aliphatic carbocycles. The van der Waals surface area contributed by atoms with Crippen molar-refractivity contribution >= 4 is 5.69 Å². The predicted molar refractivity (Wildman–Crippen MR) is 59.5 cm³/mol. The fourth-order valence-corrected chi connectivity index (χ4v) is 1.33. The van der Waals surface area contributed by atoms with Crippen LogP contribution in [0.2, 0.25) is 0 Å². The fourth-order valence-electron chi connectivity index (χ4n) is 1.33. The Morgan fingerprint density at radius 3 is 2.88 bits per heavy atom. The van der Waals surface area contributed by atoms with Gasteiger partial charge in [0.2, 0.25) is 0 Å². The minimum Gasteiger partial charge on any atom is -0.380 e. The van der Waals surface area contributed by atoms with Crippen LogP contribution in [0.1, 0.15) is 11.3 Å². The molecule has 1 N–H and O–H groups in total. The van der Waals surface area contributed by atoms with Gasteiger partial charge in [0.25, 0.3) is 0 Å². The first-order valence-corrected chi connectivity index (χ1v) is 4.85. The zero-order chi connectivity index (χ0) is 11.4. The maximum Gasteiger partial charge on any atom is 0.140 e. The van der Waals surface area contributed by atoms with Crippen molar-refractivity contribution in [3.8, 4) is 6.07 Å². The smallest absolute Gasteiger partial charge is 0.140 e. The summed E-state index contributed by atoms with van der Waals surface area (Å²) >= 11 is 0. The molecular formula is C11H11N5. The Morgan fingerprint density at radius 1 is 1.44 bits per heavy atom. The first-order valence-electron chi connectivity index (χ1n) is 4.85. The zero-order valence-corrected chi connectivity index (χ0v) is 8.88. The largest absolute Gasteiger partial charge is 0.380 e. The van der Waals surface area contributed by atoms with E-state index in [1.165, 1.54) is 0 Å². The Kier molecular flexibility index (Phi) is 2.83. The SMILES string of the molecule is Cn1cc(CNc2ccc(C#N)nc2)cn1. The summed E-state index contributed by atoms with van der Waals surface area (Å²) in [5.74, 6) is 0. The summed E-state index contributed by atoms with van der Waals surface area (Å²) in [4.78, 5) is 3.97. The van der Waals surface area contributed by atoms with Crippen molar-refractivity contribution in [2.24, 2.45) is 7.05 Å². The van der Waals surface area contributed by atoms with Crippen molar-refractivity contribution in [3.63, 3.8) is 0 Å². The topological polar surface area (TPSA) is 66.5 Å². The highest BCUT2D eigenvalue weighted by Gasteiger charge is 1.97. The van der Waals surface area contributed by atoms with Crippen LogP contribution in [0.3, 0.4) is 0 Å². The van der Waals surface area contributed by atoms with Crippen molar-refractivity contribution in [3.05, 3.63) is 42.0 Å². The molecule has 0 aromatic carbocycles. The first-order chi connectivity index (χ1) is 7.78. The fraction of sp³-hybridized carbons (Fsp3) is 0.182. The van der Waals surface area contributed by atoms with Gasteiger partial charge < -0.3 is 5.32 Å². The first kappa shape index (κ1) is 10.2. The molecule has 0 bridgehead atoms. The molecule has 80 valence electrons.